The predicted molar refractivity (Wildman–Crippen MR) is 243 cm³/mol. The van der Waals surface area contributed by atoms with E-state index in [0.29, 0.717) is 17.5 Å². The van der Waals surface area contributed by atoms with Gasteiger partial charge in [-0.2, -0.15) is 0 Å². The first kappa shape index (κ1) is 34.3. The van der Waals surface area contributed by atoms with E-state index in [0.717, 1.165) is 82.8 Å². The van der Waals surface area contributed by atoms with Gasteiger partial charge in [-0.3, -0.25) is 0 Å². The Morgan fingerprint density at radius 1 is 0.237 bits per heavy atom. The summed E-state index contributed by atoms with van der Waals surface area (Å²) < 4.78 is 6.94. The second-order valence-electron chi connectivity index (χ2n) is 14.8. The van der Waals surface area contributed by atoms with E-state index in [9.17, 15) is 0 Å². The molecule has 11 rings (SSSR count). The second kappa shape index (κ2) is 14.5. The molecule has 2 heterocycles. The Hall–Kier alpha value is -7.95. The van der Waals surface area contributed by atoms with Crippen LogP contribution in [0, 0.1) is 0 Å². The number of furan rings is 1. The van der Waals surface area contributed by atoms with Gasteiger partial charge in [0, 0.05) is 27.3 Å². The fourth-order valence-electron chi connectivity index (χ4n) is 8.15. The normalized spacial score (nSPS) is 11.4. The van der Waals surface area contributed by atoms with Crippen LogP contribution in [-0.4, -0.2) is 15.0 Å². The summed E-state index contributed by atoms with van der Waals surface area (Å²) in [6.45, 7) is 0. The van der Waals surface area contributed by atoms with Gasteiger partial charge >= 0.3 is 0 Å². The van der Waals surface area contributed by atoms with E-state index >= 15 is 0 Å². The number of rotatable bonds is 7. The summed E-state index contributed by atoms with van der Waals surface area (Å²) in [6.07, 6.45) is 0. The zero-order chi connectivity index (χ0) is 39.1. The van der Waals surface area contributed by atoms with E-state index in [1.165, 1.54) is 11.1 Å². The number of hydrogen-bond donors (Lipinski definition) is 0. The van der Waals surface area contributed by atoms with Gasteiger partial charge < -0.3 is 4.42 Å². The lowest BCUT2D eigenvalue weighted by Gasteiger charge is -2.10. The van der Waals surface area contributed by atoms with Gasteiger partial charge in [0.1, 0.15) is 11.2 Å². The lowest BCUT2D eigenvalue weighted by atomic mass is 9.94. The molecule has 0 atom stereocenters. The third kappa shape index (κ3) is 6.34. The zero-order valence-corrected chi connectivity index (χ0v) is 32.0. The first-order valence-corrected chi connectivity index (χ1v) is 19.8. The van der Waals surface area contributed by atoms with Gasteiger partial charge in [0.05, 0.1) is 5.56 Å². The highest BCUT2D eigenvalue weighted by Gasteiger charge is 2.20. The van der Waals surface area contributed by atoms with Crippen LogP contribution < -0.4 is 0 Å². The number of para-hydroxylation sites is 1. The van der Waals surface area contributed by atoms with Gasteiger partial charge in [-0.25, -0.2) is 15.0 Å². The van der Waals surface area contributed by atoms with Crippen molar-refractivity contribution in [2.45, 2.75) is 0 Å². The van der Waals surface area contributed by atoms with E-state index < -0.39 is 0 Å². The van der Waals surface area contributed by atoms with Crippen LogP contribution in [0.4, 0.5) is 0 Å². The van der Waals surface area contributed by atoms with Crippen molar-refractivity contribution in [3.8, 4) is 78.7 Å². The highest BCUT2D eigenvalue weighted by molar-refractivity contribution is 6.20. The Bertz CT molecular complexity index is 3170. The topological polar surface area (TPSA) is 51.8 Å². The van der Waals surface area contributed by atoms with Gasteiger partial charge in [0.25, 0.3) is 0 Å². The summed E-state index contributed by atoms with van der Waals surface area (Å²) in [6, 6.07) is 74.0. The Balaban J connectivity index is 1.06. The first-order valence-electron chi connectivity index (χ1n) is 19.8. The predicted octanol–water partition coefficient (Wildman–Crippen LogP) is 14.6. The van der Waals surface area contributed by atoms with Crippen LogP contribution >= 0.6 is 0 Å². The number of fused-ring (bicyclic) bond motifs is 5. The molecular weight excluding hydrogens is 719 g/mol. The molecule has 0 N–H and O–H groups in total. The smallest absolute Gasteiger partial charge is 0.167 e. The maximum Gasteiger partial charge on any atom is 0.167 e. The average Bonchev–Trinajstić information content (AvgIpc) is 3.71. The van der Waals surface area contributed by atoms with E-state index in [1.807, 2.05) is 18.2 Å². The highest BCUT2D eigenvalue weighted by Crippen LogP contribution is 2.42. The largest absolute Gasteiger partial charge is 0.455 e. The van der Waals surface area contributed by atoms with Crippen molar-refractivity contribution in [1.29, 1.82) is 0 Å². The Labute approximate surface area is 341 Å². The van der Waals surface area contributed by atoms with Crippen LogP contribution in [0.15, 0.2) is 217 Å². The molecule has 9 aromatic carbocycles. The van der Waals surface area contributed by atoms with Gasteiger partial charge in [-0.05, 0) is 62.0 Å². The molecule has 2 aromatic heterocycles. The van der Waals surface area contributed by atoms with Crippen LogP contribution in [-0.2, 0) is 0 Å². The molecule has 0 fully saturated rings. The van der Waals surface area contributed by atoms with E-state index in [1.54, 1.807) is 0 Å². The number of benzene rings is 9. The first-order chi connectivity index (χ1) is 29.2. The SMILES string of the molecule is c1ccc(-c2ccc(-c3nc(-c4ccc(-c5ccccc5)cc4)nc(-c4cccc5c4oc4c6ccccc6c(-c6ccc(-c7ccccc7)cc6)cc54)n3)cc2)cc1. The molecule has 0 unspecified atom stereocenters. The van der Waals surface area contributed by atoms with Crippen LogP contribution in [0.25, 0.3) is 111 Å². The van der Waals surface area contributed by atoms with Crippen LogP contribution in [0.3, 0.4) is 0 Å². The maximum atomic E-state index is 6.94. The Morgan fingerprint density at radius 3 is 1.12 bits per heavy atom. The molecule has 0 spiro atoms. The number of hydrogen-bond acceptors (Lipinski definition) is 4. The molecule has 59 heavy (non-hydrogen) atoms. The van der Waals surface area contributed by atoms with Crippen LogP contribution in [0.2, 0.25) is 0 Å². The van der Waals surface area contributed by atoms with Crippen molar-refractivity contribution >= 4 is 32.7 Å². The lowest BCUT2D eigenvalue weighted by Crippen LogP contribution is -2.00. The molecular formula is C55H35N3O. The summed E-state index contributed by atoms with van der Waals surface area (Å²) in [5.74, 6) is 1.74. The van der Waals surface area contributed by atoms with E-state index in [2.05, 4.69) is 194 Å². The van der Waals surface area contributed by atoms with Crippen molar-refractivity contribution in [2.24, 2.45) is 0 Å². The van der Waals surface area contributed by atoms with Crippen molar-refractivity contribution in [3.05, 3.63) is 212 Å². The standard InChI is InChI=1S/C55H35N3O/c1-4-13-36(14-5-1)39-23-29-42(30-24-39)49-35-50-47-21-12-22-48(51(47)59-52(50)46-20-11-10-19-45(46)49)55-57-53(43-31-25-40(26-32-43)37-15-6-2-7-16-37)56-54(58-55)44-33-27-41(28-34-44)38-17-8-3-9-18-38/h1-35H. The Kier molecular flexibility index (Phi) is 8.45. The number of aromatic nitrogens is 3. The monoisotopic (exact) mass is 753 g/mol. The van der Waals surface area contributed by atoms with E-state index in [-0.39, 0.29) is 0 Å². The van der Waals surface area contributed by atoms with Crippen molar-refractivity contribution in [3.63, 3.8) is 0 Å². The molecule has 0 radical (unpaired) electrons. The maximum absolute atomic E-state index is 6.94. The molecule has 0 aliphatic carbocycles. The molecule has 4 heteroatoms. The quantitative estimate of drug-likeness (QED) is 0.163. The van der Waals surface area contributed by atoms with Crippen LogP contribution in [0.5, 0.6) is 0 Å². The minimum Gasteiger partial charge on any atom is -0.455 e. The summed E-state index contributed by atoms with van der Waals surface area (Å²) in [4.78, 5) is 15.4. The molecule has 0 aliphatic rings. The average molecular weight is 754 g/mol. The molecule has 0 amide bonds. The minimum atomic E-state index is 0.551. The number of nitrogens with zero attached hydrogens (tertiary/aromatic N) is 3. The second-order valence-corrected chi connectivity index (χ2v) is 14.8. The molecule has 11 aromatic rings. The lowest BCUT2D eigenvalue weighted by molar-refractivity contribution is 0.673. The van der Waals surface area contributed by atoms with Crippen molar-refractivity contribution < 1.29 is 4.42 Å². The molecule has 0 saturated heterocycles. The zero-order valence-electron chi connectivity index (χ0n) is 32.0. The van der Waals surface area contributed by atoms with Crippen molar-refractivity contribution in [1.82, 2.24) is 15.0 Å². The summed E-state index contributed by atoms with van der Waals surface area (Å²) in [5, 5.41) is 4.25. The summed E-state index contributed by atoms with van der Waals surface area (Å²) in [5.41, 5.74) is 13.5. The molecule has 0 bridgehead atoms. The minimum absolute atomic E-state index is 0.551. The molecule has 4 nitrogen and oxygen atoms in total. The molecule has 276 valence electrons. The fourth-order valence-corrected chi connectivity index (χ4v) is 8.15. The van der Waals surface area contributed by atoms with Gasteiger partial charge in [0.15, 0.2) is 17.5 Å². The van der Waals surface area contributed by atoms with Crippen molar-refractivity contribution in [2.75, 3.05) is 0 Å². The van der Waals surface area contributed by atoms with Crippen LogP contribution in [0.1, 0.15) is 0 Å². The molecule has 0 saturated carbocycles. The Morgan fingerprint density at radius 2 is 0.610 bits per heavy atom. The third-order valence-electron chi connectivity index (χ3n) is 11.2. The third-order valence-corrected chi connectivity index (χ3v) is 11.2. The summed E-state index contributed by atoms with van der Waals surface area (Å²) >= 11 is 0. The fraction of sp³-hybridized carbons (Fsp3) is 0. The van der Waals surface area contributed by atoms with E-state index in [4.69, 9.17) is 19.4 Å². The highest BCUT2D eigenvalue weighted by atomic mass is 16.3. The molecule has 0 aliphatic heterocycles. The van der Waals surface area contributed by atoms with Gasteiger partial charge in [0.2, 0.25) is 0 Å². The summed E-state index contributed by atoms with van der Waals surface area (Å²) in [7, 11) is 0. The van der Waals surface area contributed by atoms with Gasteiger partial charge in [-0.1, -0.05) is 200 Å². The van der Waals surface area contributed by atoms with Gasteiger partial charge in [-0.15, -0.1) is 0 Å².